The molecule has 0 aromatic carbocycles. The maximum atomic E-state index is 12.6. The number of carbonyl (C=O) groups excluding carboxylic acids is 2. The second kappa shape index (κ2) is 42.3. The SMILES string of the molecule is CC/C=C\C/C=C\C/C=C\C/C=C\C/C=C\CCCCCC(=O)O[C@H](COC(=O)CCC/C=C\C/C=C\C/C=C\C/C=C\CC[C@@H](O)CC)COP(=O)(O)OC[C@@H](O)CO. The molecule has 0 aromatic heterocycles. The fourth-order valence-corrected chi connectivity index (χ4v) is 5.84. The van der Waals surface area contributed by atoms with Crippen molar-refractivity contribution in [3.05, 3.63) is 109 Å². The predicted molar refractivity (Wildman–Crippen MR) is 243 cm³/mol. The first-order valence-electron chi connectivity index (χ1n) is 21.9. The molecule has 4 atom stereocenters. The smallest absolute Gasteiger partial charge is 0.462 e. The van der Waals surface area contributed by atoms with Gasteiger partial charge in [0.2, 0.25) is 0 Å². The van der Waals surface area contributed by atoms with E-state index >= 15 is 0 Å². The van der Waals surface area contributed by atoms with E-state index in [0.29, 0.717) is 19.3 Å². The molecule has 60 heavy (non-hydrogen) atoms. The van der Waals surface area contributed by atoms with E-state index in [4.69, 9.17) is 19.1 Å². The van der Waals surface area contributed by atoms with Crippen molar-refractivity contribution in [3.8, 4) is 0 Å². The van der Waals surface area contributed by atoms with Gasteiger partial charge in [-0.05, 0) is 103 Å². The van der Waals surface area contributed by atoms with Gasteiger partial charge < -0.3 is 29.7 Å². The van der Waals surface area contributed by atoms with Gasteiger partial charge in [-0.1, -0.05) is 130 Å². The molecule has 340 valence electrons. The summed E-state index contributed by atoms with van der Waals surface area (Å²) in [6.07, 6.45) is 50.0. The van der Waals surface area contributed by atoms with Crippen LogP contribution in [0.2, 0.25) is 0 Å². The monoisotopic (exact) mass is 861 g/mol. The van der Waals surface area contributed by atoms with E-state index in [9.17, 15) is 29.3 Å². The third-order valence-corrected chi connectivity index (χ3v) is 9.53. The Morgan fingerprint density at radius 2 is 0.983 bits per heavy atom. The number of carbonyl (C=O) groups is 2. The van der Waals surface area contributed by atoms with Crippen molar-refractivity contribution in [2.24, 2.45) is 0 Å². The van der Waals surface area contributed by atoms with Gasteiger partial charge in [0.25, 0.3) is 0 Å². The van der Waals surface area contributed by atoms with Gasteiger partial charge in [-0.25, -0.2) is 4.57 Å². The lowest BCUT2D eigenvalue weighted by Crippen LogP contribution is -2.29. The molecule has 0 saturated heterocycles. The minimum atomic E-state index is -4.66. The van der Waals surface area contributed by atoms with Crippen molar-refractivity contribution in [2.75, 3.05) is 26.4 Å². The van der Waals surface area contributed by atoms with Crippen molar-refractivity contribution < 1.29 is 52.9 Å². The molecule has 0 fully saturated rings. The summed E-state index contributed by atoms with van der Waals surface area (Å²) in [5.41, 5.74) is 0. The van der Waals surface area contributed by atoms with Crippen LogP contribution >= 0.6 is 7.82 Å². The van der Waals surface area contributed by atoms with Gasteiger partial charge >= 0.3 is 19.8 Å². The number of phosphoric ester groups is 1. The van der Waals surface area contributed by atoms with E-state index < -0.39 is 51.8 Å². The Bertz CT molecular complexity index is 1380. The van der Waals surface area contributed by atoms with E-state index in [2.05, 4.69) is 109 Å². The highest BCUT2D eigenvalue weighted by Gasteiger charge is 2.27. The van der Waals surface area contributed by atoms with E-state index in [0.717, 1.165) is 89.9 Å². The fourth-order valence-electron chi connectivity index (χ4n) is 5.05. The van der Waals surface area contributed by atoms with E-state index in [1.807, 2.05) is 19.1 Å². The van der Waals surface area contributed by atoms with Crippen LogP contribution < -0.4 is 0 Å². The molecular formula is C48H77O11P. The average molecular weight is 861 g/mol. The second-order valence-electron chi connectivity index (χ2n) is 14.1. The number of allylic oxidation sites excluding steroid dienone is 18. The summed E-state index contributed by atoms with van der Waals surface area (Å²) in [5.74, 6) is -1.06. The van der Waals surface area contributed by atoms with Gasteiger partial charge in [-0.3, -0.25) is 18.6 Å². The Kier molecular flexibility index (Phi) is 39.9. The molecule has 0 radical (unpaired) electrons. The minimum Gasteiger partial charge on any atom is -0.462 e. The van der Waals surface area contributed by atoms with Gasteiger partial charge in [0.05, 0.1) is 25.9 Å². The van der Waals surface area contributed by atoms with Crippen LogP contribution in [0.4, 0.5) is 0 Å². The van der Waals surface area contributed by atoms with Crippen LogP contribution in [0.15, 0.2) is 109 Å². The van der Waals surface area contributed by atoms with Gasteiger partial charge in [0.1, 0.15) is 12.7 Å². The summed E-state index contributed by atoms with van der Waals surface area (Å²) < 4.78 is 32.6. The van der Waals surface area contributed by atoms with Crippen LogP contribution in [0.25, 0.3) is 0 Å². The number of aliphatic hydroxyl groups excluding tert-OH is 3. The molecule has 12 heteroatoms. The zero-order chi connectivity index (χ0) is 44.2. The standard InChI is InChI=1S/C48H77O11P/c1-3-5-6-7-8-9-10-11-12-13-14-15-16-21-24-27-30-33-36-39-48(53)59-46(43-58-60(54,55)57-41-45(51)40-49)42-56-47(52)38-35-32-29-26-23-20-18-17-19-22-25-28-31-34-37-44(50)4-2/h5-6,8-9,11-12,14-15,18-22,24,26,28-29,31,44-46,49-51H,3-4,7,10,13,16-17,23,25,27,30,32-43H2,1-2H3,(H,54,55)/b6-5-,9-8-,12-11-,15-14-,20-18-,22-19-,24-21-,29-26-,31-28-/t44-,45-,46+/m0/s1. The van der Waals surface area contributed by atoms with Crippen molar-refractivity contribution in [2.45, 2.75) is 154 Å². The normalized spacial score (nSPS) is 15.4. The van der Waals surface area contributed by atoms with Gasteiger partial charge in [0.15, 0.2) is 6.10 Å². The van der Waals surface area contributed by atoms with Gasteiger partial charge in [0, 0.05) is 12.8 Å². The summed E-state index contributed by atoms with van der Waals surface area (Å²) in [7, 11) is -4.66. The molecular weight excluding hydrogens is 783 g/mol. The number of ether oxygens (including phenoxy) is 2. The van der Waals surface area contributed by atoms with Crippen LogP contribution in [0.1, 0.15) is 136 Å². The zero-order valence-electron chi connectivity index (χ0n) is 36.5. The van der Waals surface area contributed by atoms with Gasteiger partial charge in [-0.15, -0.1) is 0 Å². The Morgan fingerprint density at radius 3 is 1.48 bits per heavy atom. The topological polar surface area (TPSA) is 169 Å². The lowest BCUT2D eigenvalue weighted by atomic mass is 10.1. The molecule has 0 saturated carbocycles. The number of hydrogen-bond donors (Lipinski definition) is 4. The number of phosphoric acid groups is 1. The molecule has 0 aromatic rings. The second-order valence-corrected chi connectivity index (χ2v) is 15.6. The highest BCUT2D eigenvalue weighted by atomic mass is 31.2. The maximum absolute atomic E-state index is 12.6. The van der Waals surface area contributed by atoms with Crippen LogP contribution in [0.5, 0.6) is 0 Å². The molecule has 0 heterocycles. The summed E-state index contributed by atoms with van der Waals surface area (Å²) in [5, 5.41) is 27.9. The maximum Gasteiger partial charge on any atom is 0.472 e. The third-order valence-electron chi connectivity index (χ3n) is 8.57. The first-order chi connectivity index (χ1) is 29.1. The van der Waals surface area contributed by atoms with E-state index in [1.54, 1.807) is 0 Å². The Morgan fingerprint density at radius 1 is 0.533 bits per heavy atom. The minimum absolute atomic E-state index is 0.119. The largest absolute Gasteiger partial charge is 0.472 e. The number of esters is 2. The first-order valence-corrected chi connectivity index (χ1v) is 23.4. The third kappa shape index (κ3) is 41.3. The van der Waals surface area contributed by atoms with Gasteiger partial charge in [-0.2, -0.15) is 0 Å². The Balaban J connectivity index is 4.49. The molecule has 11 nitrogen and oxygen atoms in total. The van der Waals surface area contributed by atoms with Crippen molar-refractivity contribution in [1.29, 1.82) is 0 Å². The molecule has 0 spiro atoms. The molecule has 4 N–H and O–H groups in total. The summed E-state index contributed by atoms with van der Waals surface area (Å²) >= 11 is 0. The Hall–Kier alpha value is -3.41. The molecule has 1 unspecified atom stereocenters. The van der Waals surface area contributed by atoms with Crippen molar-refractivity contribution in [3.63, 3.8) is 0 Å². The van der Waals surface area contributed by atoms with E-state index in [1.165, 1.54) is 0 Å². The molecule has 0 bridgehead atoms. The van der Waals surface area contributed by atoms with E-state index in [-0.39, 0.29) is 25.6 Å². The molecule has 0 rings (SSSR count). The highest BCUT2D eigenvalue weighted by molar-refractivity contribution is 7.47. The van der Waals surface area contributed by atoms with Crippen LogP contribution in [0.3, 0.4) is 0 Å². The van der Waals surface area contributed by atoms with Crippen molar-refractivity contribution >= 4 is 19.8 Å². The fraction of sp³-hybridized carbons (Fsp3) is 0.583. The molecule has 0 aliphatic carbocycles. The quantitative estimate of drug-likeness (QED) is 0.0201. The number of unbranched alkanes of at least 4 members (excludes halogenated alkanes) is 4. The Labute approximate surface area is 361 Å². The highest BCUT2D eigenvalue weighted by Crippen LogP contribution is 2.43. The number of aliphatic hydroxyl groups is 3. The van der Waals surface area contributed by atoms with Crippen LogP contribution in [0, 0.1) is 0 Å². The number of hydrogen-bond acceptors (Lipinski definition) is 10. The molecule has 0 amide bonds. The summed E-state index contributed by atoms with van der Waals surface area (Å²) in [4.78, 5) is 35.0. The zero-order valence-corrected chi connectivity index (χ0v) is 37.4. The summed E-state index contributed by atoms with van der Waals surface area (Å²) in [6.45, 7) is 1.85. The lowest BCUT2D eigenvalue weighted by molar-refractivity contribution is -0.161. The first kappa shape index (κ1) is 56.6. The van der Waals surface area contributed by atoms with Crippen LogP contribution in [-0.2, 0) is 32.7 Å². The number of rotatable bonds is 39. The molecule has 0 aliphatic heterocycles. The predicted octanol–water partition coefficient (Wildman–Crippen LogP) is 10.7. The van der Waals surface area contributed by atoms with Crippen molar-refractivity contribution in [1.82, 2.24) is 0 Å². The summed E-state index contributed by atoms with van der Waals surface area (Å²) in [6, 6.07) is 0. The lowest BCUT2D eigenvalue weighted by Gasteiger charge is -2.20. The van der Waals surface area contributed by atoms with Crippen LogP contribution in [-0.4, -0.2) is 76.9 Å². The molecule has 0 aliphatic rings. The average Bonchev–Trinajstić information content (AvgIpc) is 3.24.